The molecule has 100 valence electrons. The Kier molecular flexibility index (Phi) is 4.00. The van der Waals surface area contributed by atoms with E-state index in [-0.39, 0.29) is 6.42 Å². The van der Waals surface area contributed by atoms with E-state index in [0.717, 1.165) is 23.5 Å². The molecule has 0 aliphatic heterocycles. The predicted molar refractivity (Wildman–Crippen MR) is 74.1 cm³/mol. The average molecular weight is 258 g/mol. The minimum Gasteiger partial charge on any atom is -0.481 e. The fraction of sp³-hybridized carbons (Fsp3) is 0.333. The van der Waals surface area contributed by atoms with Crippen LogP contribution in [0, 0.1) is 0 Å². The van der Waals surface area contributed by atoms with Crippen LogP contribution in [-0.2, 0) is 24.2 Å². The molecule has 2 aromatic rings. The Morgan fingerprint density at radius 3 is 2.47 bits per heavy atom. The Morgan fingerprint density at radius 2 is 1.95 bits per heavy atom. The highest BCUT2D eigenvalue weighted by molar-refractivity contribution is 5.70. The predicted octanol–water partition coefficient (Wildman–Crippen LogP) is 2.76. The largest absolute Gasteiger partial charge is 0.481 e. The van der Waals surface area contributed by atoms with E-state index in [2.05, 4.69) is 24.0 Å². The number of aryl methyl sites for hydroxylation is 1. The van der Waals surface area contributed by atoms with E-state index in [1.54, 1.807) is 6.20 Å². The first kappa shape index (κ1) is 13.3. The van der Waals surface area contributed by atoms with E-state index >= 15 is 0 Å². The lowest BCUT2D eigenvalue weighted by atomic mass is 10.1. The summed E-state index contributed by atoms with van der Waals surface area (Å²) in [7, 11) is 0. The molecule has 1 heterocycles. The van der Waals surface area contributed by atoms with Crippen LogP contribution in [0.2, 0.25) is 0 Å². The molecule has 19 heavy (non-hydrogen) atoms. The number of aromatic nitrogens is 2. The minimum absolute atomic E-state index is 0.00782. The second kappa shape index (κ2) is 5.69. The Balaban J connectivity index is 2.38. The van der Waals surface area contributed by atoms with Crippen LogP contribution in [-0.4, -0.2) is 20.6 Å². The van der Waals surface area contributed by atoms with E-state index in [4.69, 9.17) is 5.11 Å². The third-order valence-corrected chi connectivity index (χ3v) is 3.21. The van der Waals surface area contributed by atoms with E-state index in [1.807, 2.05) is 23.6 Å². The number of hydrogen-bond donors (Lipinski definition) is 1. The van der Waals surface area contributed by atoms with Crippen molar-refractivity contribution >= 4 is 5.97 Å². The van der Waals surface area contributed by atoms with Gasteiger partial charge in [0, 0.05) is 24.0 Å². The monoisotopic (exact) mass is 258 g/mol. The molecule has 1 aromatic heterocycles. The van der Waals surface area contributed by atoms with Gasteiger partial charge in [-0.3, -0.25) is 4.79 Å². The summed E-state index contributed by atoms with van der Waals surface area (Å²) in [5.74, 6) is 0.00360. The third-order valence-electron chi connectivity index (χ3n) is 3.21. The fourth-order valence-electron chi connectivity index (χ4n) is 2.18. The molecule has 1 N–H and O–H groups in total. The quantitative estimate of drug-likeness (QED) is 0.897. The molecule has 1 aromatic carbocycles. The maximum absolute atomic E-state index is 10.8. The van der Waals surface area contributed by atoms with Gasteiger partial charge >= 0.3 is 5.97 Å². The van der Waals surface area contributed by atoms with Crippen molar-refractivity contribution in [3.05, 3.63) is 41.7 Å². The molecule has 0 saturated heterocycles. The van der Waals surface area contributed by atoms with Crippen molar-refractivity contribution in [1.29, 1.82) is 0 Å². The fourth-order valence-corrected chi connectivity index (χ4v) is 2.18. The SMILES string of the molecule is CCc1ccc(-c2ncc(CC(=O)O)n2CC)cc1. The van der Waals surface area contributed by atoms with E-state index in [9.17, 15) is 4.79 Å². The van der Waals surface area contributed by atoms with Crippen LogP contribution < -0.4 is 0 Å². The summed E-state index contributed by atoms with van der Waals surface area (Å²) in [4.78, 5) is 15.2. The molecule has 0 radical (unpaired) electrons. The van der Waals surface area contributed by atoms with Gasteiger partial charge in [0.25, 0.3) is 0 Å². The van der Waals surface area contributed by atoms with Crippen LogP contribution in [0.4, 0.5) is 0 Å². The highest BCUT2D eigenvalue weighted by atomic mass is 16.4. The molecule has 0 aliphatic rings. The number of aliphatic carboxylic acids is 1. The Bertz CT molecular complexity index is 570. The number of carbonyl (C=O) groups is 1. The number of carboxylic acid groups (broad SMARTS) is 1. The number of benzene rings is 1. The van der Waals surface area contributed by atoms with Crippen molar-refractivity contribution in [3.8, 4) is 11.4 Å². The van der Waals surface area contributed by atoms with Crippen LogP contribution in [0.25, 0.3) is 11.4 Å². The van der Waals surface area contributed by atoms with Crippen molar-refractivity contribution in [3.63, 3.8) is 0 Å². The second-order valence-electron chi connectivity index (χ2n) is 4.44. The van der Waals surface area contributed by atoms with Crippen LogP contribution in [0.5, 0.6) is 0 Å². The zero-order valence-corrected chi connectivity index (χ0v) is 11.3. The molecule has 0 bridgehead atoms. The number of nitrogens with zero attached hydrogens (tertiary/aromatic N) is 2. The van der Waals surface area contributed by atoms with Gasteiger partial charge in [0.2, 0.25) is 0 Å². The molecular formula is C15H18N2O2. The van der Waals surface area contributed by atoms with Crippen molar-refractivity contribution < 1.29 is 9.90 Å². The number of hydrogen-bond acceptors (Lipinski definition) is 2. The first-order valence-corrected chi connectivity index (χ1v) is 6.51. The van der Waals surface area contributed by atoms with Gasteiger partial charge in [-0.25, -0.2) is 4.98 Å². The number of imidazole rings is 1. The van der Waals surface area contributed by atoms with Gasteiger partial charge in [-0.1, -0.05) is 31.2 Å². The van der Waals surface area contributed by atoms with E-state index in [0.29, 0.717) is 6.54 Å². The Morgan fingerprint density at radius 1 is 1.26 bits per heavy atom. The molecule has 0 spiro atoms. The van der Waals surface area contributed by atoms with Gasteiger partial charge in [0.1, 0.15) is 5.82 Å². The third kappa shape index (κ3) is 2.84. The van der Waals surface area contributed by atoms with E-state index in [1.165, 1.54) is 5.56 Å². The number of carboxylic acids is 1. The van der Waals surface area contributed by atoms with Crippen LogP contribution in [0.1, 0.15) is 25.1 Å². The standard InChI is InChI=1S/C15H18N2O2/c1-3-11-5-7-12(8-6-11)15-16-10-13(9-14(18)19)17(15)4-2/h5-8,10H,3-4,9H2,1-2H3,(H,18,19). The lowest BCUT2D eigenvalue weighted by Crippen LogP contribution is -2.08. The lowest BCUT2D eigenvalue weighted by Gasteiger charge is -2.08. The molecule has 0 saturated carbocycles. The highest BCUT2D eigenvalue weighted by Gasteiger charge is 2.12. The number of rotatable bonds is 5. The molecule has 0 fully saturated rings. The van der Waals surface area contributed by atoms with Crippen molar-refractivity contribution in [2.45, 2.75) is 33.2 Å². The summed E-state index contributed by atoms with van der Waals surface area (Å²) in [5.41, 5.74) is 3.05. The maximum Gasteiger partial charge on any atom is 0.309 e. The molecule has 0 unspecified atom stereocenters. The summed E-state index contributed by atoms with van der Waals surface area (Å²) in [6.45, 7) is 4.83. The summed E-state index contributed by atoms with van der Waals surface area (Å²) >= 11 is 0. The van der Waals surface area contributed by atoms with Crippen molar-refractivity contribution in [2.24, 2.45) is 0 Å². The molecule has 0 amide bonds. The van der Waals surface area contributed by atoms with Gasteiger partial charge in [-0.15, -0.1) is 0 Å². The smallest absolute Gasteiger partial charge is 0.309 e. The molecule has 0 aliphatic carbocycles. The van der Waals surface area contributed by atoms with Crippen LogP contribution in [0.15, 0.2) is 30.5 Å². The normalized spacial score (nSPS) is 10.6. The van der Waals surface area contributed by atoms with Gasteiger partial charge in [0.15, 0.2) is 0 Å². The minimum atomic E-state index is -0.831. The van der Waals surface area contributed by atoms with Gasteiger partial charge in [-0.2, -0.15) is 0 Å². The topological polar surface area (TPSA) is 55.1 Å². The maximum atomic E-state index is 10.8. The van der Waals surface area contributed by atoms with Crippen molar-refractivity contribution in [2.75, 3.05) is 0 Å². The first-order valence-electron chi connectivity index (χ1n) is 6.51. The average Bonchev–Trinajstić information content (AvgIpc) is 2.80. The molecule has 4 heteroatoms. The van der Waals surface area contributed by atoms with E-state index < -0.39 is 5.97 Å². The molecule has 4 nitrogen and oxygen atoms in total. The summed E-state index contributed by atoms with van der Waals surface area (Å²) in [6.07, 6.45) is 2.67. The molecule has 0 atom stereocenters. The second-order valence-corrected chi connectivity index (χ2v) is 4.44. The van der Waals surface area contributed by atoms with Gasteiger partial charge in [0.05, 0.1) is 6.42 Å². The zero-order valence-electron chi connectivity index (χ0n) is 11.3. The van der Waals surface area contributed by atoms with Crippen LogP contribution >= 0.6 is 0 Å². The first-order chi connectivity index (χ1) is 9.15. The Labute approximate surface area is 112 Å². The summed E-state index contributed by atoms with van der Waals surface area (Å²) < 4.78 is 1.95. The zero-order chi connectivity index (χ0) is 13.8. The van der Waals surface area contributed by atoms with Gasteiger partial charge < -0.3 is 9.67 Å². The molecular weight excluding hydrogens is 240 g/mol. The van der Waals surface area contributed by atoms with Gasteiger partial charge in [-0.05, 0) is 18.9 Å². The molecule has 2 rings (SSSR count). The highest BCUT2D eigenvalue weighted by Crippen LogP contribution is 2.21. The summed E-state index contributed by atoms with van der Waals surface area (Å²) in [6, 6.07) is 8.25. The Hall–Kier alpha value is -2.10. The lowest BCUT2D eigenvalue weighted by molar-refractivity contribution is -0.136. The van der Waals surface area contributed by atoms with Crippen molar-refractivity contribution in [1.82, 2.24) is 9.55 Å². The summed E-state index contributed by atoms with van der Waals surface area (Å²) in [5, 5.41) is 8.89. The van der Waals surface area contributed by atoms with Crippen LogP contribution in [0.3, 0.4) is 0 Å².